The van der Waals surface area contributed by atoms with E-state index in [0.717, 1.165) is 42.4 Å². The second-order valence-electron chi connectivity index (χ2n) is 6.86. The fourth-order valence-electron chi connectivity index (χ4n) is 4.16. The smallest absolute Gasteiger partial charge is 0.267 e. The Kier molecular flexibility index (Phi) is 3.19. The molecule has 1 aromatic carbocycles. The molecule has 2 aromatic rings. The summed E-state index contributed by atoms with van der Waals surface area (Å²) in [4.78, 5) is 13.4. The molecule has 3 nitrogen and oxygen atoms in total. The van der Waals surface area contributed by atoms with Crippen molar-refractivity contribution in [1.82, 2.24) is 4.68 Å². The third-order valence-electron chi connectivity index (χ3n) is 5.37. The molecule has 1 atom stereocenters. The van der Waals surface area contributed by atoms with Crippen LogP contribution in [0.15, 0.2) is 54.9 Å². The number of amides is 1. The first-order valence-electron chi connectivity index (χ1n) is 8.37. The number of hydrogen-bond donors (Lipinski definition) is 0. The summed E-state index contributed by atoms with van der Waals surface area (Å²) in [7, 11) is 0. The van der Waals surface area contributed by atoms with Gasteiger partial charge in [-0.2, -0.15) is 0 Å². The highest BCUT2D eigenvalue weighted by Crippen LogP contribution is 2.43. The monoisotopic (exact) mass is 306 g/mol. The Morgan fingerprint density at radius 2 is 1.96 bits per heavy atom. The van der Waals surface area contributed by atoms with E-state index in [2.05, 4.69) is 18.7 Å². The molecular weight excluding hydrogens is 284 g/mol. The van der Waals surface area contributed by atoms with Gasteiger partial charge in [0.1, 0.15) is 0 Å². The minimum Gasteiger partial charge on any atom is -0.267 e. The molecule has 1 unspecified atom stereocenters. The van der Waals surface area contributed by atoms with E-state index in [1.165, 1.54) is 12.0 Å². The summed E-state index contributed by atoms with van der Waals surface area (Å²) >= 11 is 0. The summed E-state index contributed by atoms with van der Waals surface area (Å²) in [6.45, 7) is 6.41. The highest BCUT2D eigenvalue weighted by molar-refractivity contribution is 6.05. The van der Waals surface area contributed by atoms with Crippen LogP contribution in [0.4, 0.5) is 0 Å². The average Bonchev–Trinajstić information content (AvgIpc) is 3.05. The fourth-order valence-corrected chi connectivity index (χ4v) is 4.16. The van der Waals surface area contributed by atoms with E-state index in [4.69, 9.17) is 0 Å². The zero-order valence-electron chi connectivity index (χ0n) is 13.6. The number of fused-ring (bicyclic) bond motifs is 1. The van der Waals surface area contributed by atoms with E-state index in [1.54, 1.807) is 0 Å². The molecule has 0 radical (unpaired) electrons. The number of aromatic nitrogens is 1. The van der Waals surface area contributed by atoms with E-state index in [-0.39, 0.29) is 11.4 Å². The van der Waals surface area contributed by atoms with Crippen molar-refractivity contribution in [1.29, 1.82) is 0 Å². The predicted octanol–water partition coefficient (Wildman–Crippen LogP) is 4.00. The Hall–Kier alpha value is -2.29. The summed E-state index contributed by atoms with van der Waals surface area (Å²) in [5.74, 6) is 0.0919. The van der Waals surface area contributed by atoms with Crippen molar-refractivity contribution >= 4 is 5.91 Å². The molecule has 118 valence electrons. The number of benzene rings is 1. The first-order chi connectivity index (χ1) is 11.1. The van der Waals surface area contributed by atoms with Crippen molar-refractivity contribution < 1.29 is 4.79 Å². The van der Waals surface area contributed by atoms with Gasteiger partial charge < -0.3 is 0 Å². The number of nitrogens with zero attached hydrogens (tertiary/aromatic N) is 2. The normalized spacial score (nSPS) is 24.1. The van der Waals surface area contributed by atoms with E-state index >= 15 is 0 Å². The van der Waals surface area contributed by atoms with Gasteiger partial charge in [-0.05, 0) is 55.5 Å². The molecule has 1 fully saturated rings. The lowest BCUT2D eigenvalue weighted by atomic mass is 9.71. The number of aryl methyl sites for hydroxylation is 1. The van der Waals surface area contributed by atoms with Gasteiger partial charge in [0.25, 0.3) is 5.91 Å². The lowest BCUT2D eigenvalue weighted by Crippen LogP contribution is -2.63. The molecule has 1 amide bonds. The first-order valence-corrected chi connectivity index (χ1v) is 8.37. The van der Waals surface area contributed by atoms with Crippen LogP contribution in [0.3, 0.4) is 0 Å². The minimum atomic E-state index is -0.281. The average molecular weight is 306 g/mol. The van der Waals surface area contributed by atoms with Crippen LogP contribution in [0.5, 0.6) is 0 Å². The summed E-state index contributed by atoms with van der Waals surface area (Å²) in [5.41, 5.74) is 4.03. The van der Waals surface area contributed by atoms with Crippen LogP contribution in [-0.4, -0.2) is 16.1 Å². The highest BCUT2D eigenvalue weighted by atomic mass is 16.2. The Morgan fingerprint density at radius 3 is 2.70 bits per heavy atom. The van der Waals surface area contributed by atoms with Crippen LogP contribution in [0.2, 0.25) is 0 Å². The highest BCUT2D eigenvalue weighted by Gasteiger charge is 2.48. The standard InChI is InChI=1S/C20H22N2O/c1-15-8-9-17-14-20(10-4-3-7-16(20)2)22(19(23)18(17)13-15)21-11-5-6-12-21/h5-6,8-9,11-13H,2-4,7,10,14H2,1H3. The minimum absolute atomic E-state index is 0.0919. The number of carbonyl (C=O) groups is 1. The third-order valence-corrected chi connectivity index (χ3v) is 5.37. The van der Waals surface area contributed by atoms with Crippen LogP contribution in [0, 0.1) is 6.92 Å². The Bertz CT molecular complexity index is 775. The van der Waals surface area contributed by atoms with Gasteiger partial charge in [-0.15, -0.1) is 0 Å². The van der Waals surface area contributed by atoms with Gasteiger partial charge in [0.2, 0.25) is 0 Å². The van der Waals surface area contributed by atoms with Crippen molar-refractivity contribution in [3.8, 4) is 0 Å². The number of rotatable bonds is 1. The third kappa shape index (κ3) is 2.07. The van der Waals surface area contributed by atoms with Crippen molar-refractivity contribution in [3.05, 3.63) is 71.6 Å². The molecule has 1 aliphatic heterocycles. The molecule has 2 aliphatic rings. The van der Waals surface area contributed by atoms with Crippen molar-refractivity contribution in [2.45, 2.75) is 44.6 Å². The molecule has 4 rings (SSSR count). The van der Waals surface area contributed by atoms with Gasteiger partial charge in [0, 0.05) is 24.4 Å². The van der Waals surface area contributed by atoms with Gasteiger partial charge in [0.15, 0.2) is 0 Å². The summed E-state index contributed by atoms with van der Waals surface area (Å²) < 4.78 is 1.95. The maximum atomic E-state index is 13.4. The van der Waals surface area contributed by atoms with Gasteiger partial charge in [-0.1, -0.05) is 30.7 Å². The second kappa shape index (κ2) is 5.12. The van der Waals surface area contributed by atoms with Gasteiger partial charge in [-0.3, -0.25) is 9.47 Å². The van der Waals surface area contributed by atoms with Crippen molar-refractivity contribution in [2.75, 3.05) is 5.01 Å². The quantitative estimate of drug-likeness (QED) is 0.731. The van der Waals surface area contributed by atoms with Crippen LogP contribution in [0.1, 0.15) is 47.2 Å². The zero-order chi connectivity index (χ0) is 16.0. The van der Waals surface area contributed by atoms with Gasteiger partial charge >= 0.3 is 0 Å². The molecule has 1 aliphatic carbocycles. The largest absolute Gasteiger partial charge is 0.273 e. The van der Waals surface area contributed by atoms with Gasteiger partial charge in [0.05, 0.1) is 5.54 Å². The molecule has 0 N–H and O–H groups in total. The van der Waals surface area contributed by atoms with Crippen LogP contribution in [-0.2, 0) is 6.42 Å². The number of carbonyl (C=O) groups excluding carboxylic acids is 1. The maximum Gasteiger partial charge on any atom is 0.273 e. The second-order valence-corrected chi connectivity index (χ2v) is 6.86. The molecule has 23 heavy (non-hydrogen) atoms. The van der Waals surface area contributed by atoms with E-state index in [9.17, 15) is 4.79 Å². The lowest BCUT2D eigenvalue weighted by molar-refractivity contribution is 0.0891. The summed E-state index contributed by atoms with van der Waals surface area (Å²) in [6, 6.07) is 10.2. The molecule has 3 heteroatoms. The number of hydrogen-bond acceptors (Lipinski definition) is 1. The zero-order valence-corrected chi connectivity index (χ0v) is 13.6. The Labute approximate surface area is 137 Å². The predicted molar refractivity (Wildman–Crippen MR) is 92.2 cm³/mol. The van der Waals surface area contributed by atoms with Crippen molar-refractivity contribution in [3.63, 3.8) is 0 Å². The van der Waals surface area contributed by atoms with Crippen LogP contribution < -0.4 is 5.01 Å². The summed E-state index contributed by atoms with van der Waals surface area (Å²) in [6.07, 6.45) is 9.10. The topological polar surface area (TPSA) is 25.2 Å². The first kappa shape index (κ1) is 14.3. The molecule has 1 spiro atoms. The van der Waals surface area contributed by atoms with Crippen LogP contribution >= 0.6 is 0 Å². The maximum absolute atomic E-state index is 13.4. The van der Waals surface area contributed by atoms with E-state index < -0.39 is 0 Å². The van der Waals surface area contributed by atoms with Crippen LogP contribution in [0.25, 0.3) is 0 Å². The molecule has 2 heterocycles. The molecular formula is C20H22N2O. The lowest BCUT2D eigenvalue weighted by Gasteiger charge is -2.50. The molecule has 0 saturated heterocycles. The van der Waals surface area contributed by atoms with E-state index in [0.29, 0.717) is 0 Å². The Morgan fingerprint density at radius 1 is 1.17 bits per heavy atom. The SMILES string of the molecule is C=C1CCCCC12Cc1ccc(C)cc1C(=O)N2n1cccc1. The molecule has 1 aromatic heterocycles. The molecule has 0 bridgehead atoms. The van der Waals surface area contributed by atoms with Gasteiger partial charge in [-0.25, -0.2) is 5.01 Å². The van der Waals surface area contributed by atoms with Crippen molar-refractivity contribution in [2.24, 2.45) is 0 Å². The summed E-state index contributed by atoms with van der Waals surface area (Å²) in [5, 5.41) is 1.95. The fraction of sp³-hybridized carbons (Fsp3) is 0.350. The Balaban J connectivity index is 1.92. The molecule has 1 saturated carbocycles. The van der Waals surface area contributed by atoms with E-state index in [1.807, 2.05) is 47.2 Å².